The zero-order valence-electron chi connectivity index (χ0n) is 8.13. The van der Waals surface area contributed by atoms with Crippen LogP contribution in [0.25, 0.3) is 10.8 Å². The van der Waals surface area contributed by atoms with Crippen molar-refractivity contribution in [2.75, 3.05) is 6.54 Å². The van der Waals surface area contributed by atoms with E-state index >= 15 is 0 Å². The molecule has 2 N–H and O–H groups in total. The lowest BCUT2D eigenvalue weighted by atomic mass is 10.0. The first-order chi connectivity index (χ1) is 7.20. The number of rotatable bonds is 2. The van der Waals surface area contributed by atoms with E-state index in [1.807, 2.05) is 6.07 Å². The highest BCUT2D eigenvalue weighted by atomic mass is 19.1. The third-order valence-electron chi connectivity index (χ3n) is 2.36. The zero-order chi connectivity index (χ0) is 10.8. The number of benzene rings is 2. The van der Waals surface area contributed by atoms with Gasteiger partial charge in [0, 0.05) is 11.5 Å². The van der Waals surface area contributed by atoms with Crippen LogP contribution in [0.2, 0.25) is 0 Å². The molecule has 0 spiro atoms. The van der Waals surface area contributed by atoms with Crippen molar-refractivity contribution in [3.63, 3.8) is 0 Å². The van der Waals surface area contributed by atoms with E-state index in [9.17, 15) is 8.78 Å². The largest absolute Gasteiger partial charge is 0.330 e. The summed E-state index contributed by atoms with van der Waals surface area (Å²) in [5, 5.41) is 1.02. The molecule has 0 aliphatic rings. The molecule has 2 rings (SSSR count). The van der Waals surface area contributed by atoms with E-state index in [1.54, 1.807) is 12.1 Å². The summed E-state index contributed by atoms with van der Waals surface area (Å²) in [7, 11) is 0. The maximum Gasteiger partial charge on any atom is 0.133 e. The summed E-state index contributed by atoms with van der Waals surface area (Å²) >= 11 is 0. The summed E-state index contributed by atoms with van der Waals surface area (Å²) in [6, 6.07) is 7.48. The second-order valence-electron chi connectivity index (χ2n) is 3.48. The van der Waals surface area contributed by atoms with Crippen LogP contribution >= 0.6 is 0 Å². The second kappa shape index (κ2) is 3.95. The Hall–Kier alpha value is -1.48. The van der Waals surface area contributed by atoms with E-state index < -0.39 is 11.6 Å². The highest BCUT2D eigenvalue weighted by Crippen LogP contribution is 2.21. The average molecular weight is 207 g/mol. The van der Waals surface area contributed by atoms with Crippen LogP contribution in [-0.2, 0) is 6.42 Å². The summed E-state index contributed by atoms with van der Waals surface area (Å²) in [4.78, 5) is 0. The van der Waals surface area contributed by atoms with Crippen LogP contribution in [0.4, 0.5) is 8.78 Å². The van der Waals surface area contributed by atoms with Crippen molar-refractivity contribution in [3.8, 4) is 0 Å². The van der Waals surface area contributed by atoms with Gasteiger partial charge in [0.15, 0.2) is 0 Å². The molecule has 0 amide bonds. The minimum absolute atomic E-state index is 0.442. The number of halogens is 2. The van der Waals surface area contributed by atoms with E-state index in [-0.39, 0.29) is 0 Å². The van der Waals surface area contributed by atoms with Crippen molar-refractivity contribution < 1.29 is 8.78 Å². The van der Waals surface area contributed by atoms with Crippen LogP contribution < -0.4 is 5.73 Å². The smallest absolute Gasteiger partial charge is 0.133 e. The third kappa shape index (κ3) is 1.97. The molecular weight excluding hydrogens is 196 g/mol. The summed E-state index contributed by atoms with van der Waals surface area (Å²) in [5.74, 6) is -1.07. The van der Waals surface area contributed by atoms with Gasteiger partial charge in [-0.1, -0.05) is 18.2 Å². The van der Waals surface area contributed by atoms with Crippen LogP contribution in [0.1, 0.15) is 5.56 Å². The molecule has 0 heterocycles. The van der Waals surface area contributed by atoms with E-state index in [2.05, 4.69) is 0 Å². The number of fused-ring (bicyclic) bond motifs is 1. The fourth-order valence-electron chi connectivity index (χ4n) is 1.66. The van der Waals surface area contributed by atoms with Gasteiger partial charge in [-0.2, -0.15) is 0 Å². The van der Waals surface area contributed by atoms with Gasteiger partial charge in [0.1, 0.15) is 11.6 Å². The van der Waals surface area contributed by atoms with Crippen molar-refractivity contribution in [2.45, 2.75) is 6.42 Å². The first-order valence-corrected chi connectivity index (χ1v) is 4.78. The molecule has 0 aliphatic heterocycles. The number of nitrogens with two attached hydrogens (primary N) is 1. The number of hydrogen-bond acceptors (Lipinski definition) is 1. The summed E-state index contributed by atoms with van der Waals surface area (Å²) in [5.41, 5.74) is 6.41. The van der Waals surface area contributed by atoms with Gasteiger partial charge in [-0.05, 0) is 30.0 Å². The monoisotopic (exact) mass is 207 g/mol. The van der Waals surface area contributed by atoms with Gasteiger partial charge in [0.2, 0.25) is 0 Å². The van der Waals surface area contributed by atoms with Crippen LogP contribution in [-0.4, -0.2) is 6.54 Å². The molecule has 15 heavy (non-hydrogen) atoms. The topological polar surface area (TPSA) is 26.0 Å². The molecule has 3 heteroatoms. The highest BCUT2D eigenvalue weighted by molar-refractivity contribution is 5.83. The van der Waals surface area contributed by atoms with Gasteiger partial charge < -0.3 is 5.73 Å². The Morgan fingerprint density at radius 1 is 1.07 bits per heavy atom. The molecule has 2 aromatic carbocycles. The van der Waals surface area contributed by atoms with Gasteiger partial charge in [0.05, 0.1) is 0 Å². The lowest BCUT2D eigenvalue weighted by molar-refractivity contribution is 0.592. The Kier molecular flexibility index (Phi) is 2.64. The van der Waals surface area contributed by atoms with Gasteiger partial charge >= 0.3 is 0 Å². The molecule has 0 aromatic heterocycles. The average Bonchev–Trinajstić information content (AvgIpc) is 2.17. The molecule has 2 aromatic rings. The summed E-state index contributed by atoms with van der Waals surface area (Å²) in [6.07, 6.45) is 0.716. The Bertz CT molecular complexity index is 494. The molecule has 0 fully saturated rings. The van der Waals surface area contributed by atoms with Crippen molar-refractivity contribution in [1.29, 1.82) is 0 Å². The van der Waals surface area contributed by atoms with E-state index in [1.165, 1.54) is 6.07 Å². The first kappa shape index (κ1) is 10.1. The predicted octanol–water partition coefficient (Wildman–Crippen LogP) is 2.62. The van der Waals surface area contributed by atoms with Crippen LogP contribution in [0, 0.1) is 11.6 Å². The molecule has 0 saturated heterocycles. The SMILES string of the molecule is NCCc1ccc2c(F)cc(F)cc2c1. The third-order valence-corrected chi connectivity index (χ3v) is 2.36. The molecule has 0 unspecified atom stereocenters. The maximum atomic E-state index is 13.3. The van der Waals surface area contributed by atoms with Crippen molar-refractivity contribution >= 4 is 10.8 Å². The van der Waals surface area contributed by atoms with Crippen molar-refractivity contribution in [2.24, 2.45) is 5.73 Å². The molecule has 0 aliphatic carbocycles. The van der Waals surface area contributed by atoms with E-state index in [0.717, 1.165) is 11.6 Å². The minimum atomic E-state index is -0.551. The molecule has 0 radical (unpaired) electrons. The van der Waals surface area contributed by atoms with Crippen LogP contribution in [0.5, 0.6) is 0 Å². The van der Waals surface area contributed by atoms with Crippen LogP contribution in [0.3, 0.4) is 0 Å². The summed E-state index contributed by atoms with van der Waals surface area (Å²) < 4.78 is 26.3. The predicted molar refractivity (Wildman–Crippen MR) is 56.6 cm³/mol. The first-order valence-electron chi connectivity index (χ1n) is 4.78. The molecule has 78 valence electrons. The Morgan fingerprint density at radius 3 is 2.60 bits per heavy atom. The van der Waals surface area contributed by atoms with Crippen molar-refractivity contribution in [1.82, 2.24) is 0 Å². The fraction of sp³-hybridized carbons (Fsp3) is 0.167. The Balaban J connectivity index is 2.60. The molecule has 0 atom stereocenters. The summed E-state index contributed by atoms with van der Waals surface area (Å²) in [6.45, 7) is 0.531. The maximum absolute atomic E-state index is 13.3. The highest BCUT2D eigenvalue weighted by Gasteiger charge is 2.04. The van der Waals surface area contributed by atoms with Gasteiger partial charge in [0.25, 0.3) is 0 Å². The lowest BCUT2D eigenvalue weighted by Crippen LogP contribution is -2.02. The molecule has 1 nitrogen and oxygen atoms in total. The normalized spacial score (nSPS) is 10.9. The van der Waals surface area contributed by atoms with E-state index in [4.69, 9.17) is 5.73 Å². The van der Waals surface area contributed by atoms with Gasteiger partial charge in [-0.3, -0.25) is 0 Å². The van der Waals surface area contributed by atoms with E-state index in [0.29, 0.717) is 23.7 Å². The van der Waals surface area contributed by atoms with Crippen molar-refractivity contribution in [3.05, 3.63) is 47.5 Å². The van der Waals surface area contributed by atoms with Crippen LogP contribution in [0.15, 0.2) is 30.3 Å². The minimum Gasteiger partial charge on any atom is -0.330 e. The Labute approximate surface area is 86.5 Å². The Morgan fingerprint density at radius 2 is 1.87 bits per heavy atom. The number of hydrogen-bond donors (Lipinski definition) is 1. The quantitative estimate of drug-likeness (QED) is 0.804. The molecule has 0 bridgehead atoms. The zero-order valence-corrected chi connectivity index (χ0v) is 8.13. The fourth-order valence-corrected chi connectivity index (χ4v) is 1.66. The molecule has 0 saturated carbocycles. The lowest BCUT2D eigenvalue weighted by Gasteiger charge is -2.03. The molecular formula is C12H11F2N. The van der Waals surface area contributed by atoms with Gasteiger partial charge in [-0.25, -0.2) is 8.78 Å². The van der Waals surface area contributed by atoms with Gasteiger partial charge in [-0.15, -0.1) is 0 Å². The second-order valence-corrected chi connectivity index (χ2v) is 3.48. The standard InChI is InChI=1S/C12H11F2N/c13-10-6-9-5-8(3-4-15)1-2-11(9)12(14)7-10/h1-2,5-7H,3-4,15H2.